The number of anilines is 1. The van der Waals surface area contributed by atoms with Crippen molar-refractivity contribution < 1.29 is 9.31 Å². The fourth-order valence-corrected chi connectivity index (χ4v) is 1.99. The van der Waals surface area contributed by atoms with Crippen molar-refractivity contribution in [3.8, 4) is 0 Å². The van der Waals surface area contributed by atoms with Crippen LogP contribution in [0.3, 0.4) is 0 Å². The fraction of sp³-hybridized carbons (Fsp3) is 0.0769. The minimum atomic E-state index is -0.455. The van der Waals surface area contributed by atoms with Gasteiger partial charge in [-0.3, -0.25) is 10.1 Å². The first-order valence-corrected chi connectivity index (χ1v) is 6.28. The van der Waals surface area contributed by atoms with Gasteiger partial charge >= 0.3 is 0 Å². The van der Waals surface area contributed by atoms with Gasteiger partial charge in [-0.15, -0.1) is 0 Å². The second-order valence-corrected chi connectivity index (χ2v) is 4.75. The Balaban J connectivity index is 2.12. The van der Waals surface area contributed by atoms with Gasteiger partial charge in [0.15, 0.2) is 0 Å². The summed E-state index contributed by atoms with van der Waals surface area (Å²) >= 11 is 3.33. The SMILES string of the molecule is O=[N+]([O-])c1cccc(NCc2cc(F)ccc2Br)c1. The van der Waals surface area contributed by atoms with Gasteiger partial charge in [0.2, 0.25) is 0 Å². The second-order valence-electron chi connectivity index (χ2n) is 3.90. The van der Waals surface area contributed by atoms with Crippen molar-refractivity contribution in [1.82, 2.24) is 0 Å². The highest BCUT2D eigenvalue weighted by Gasteiger charge is 2.06. The highest BCUT2D eigenvalue weighted by Crippen LogP contribution is 2.21. The topological polar surface area (TPSA) is 55.2 Å². The Bertz CT molecular complexity index is 619. The molecule has 0 aliphatic rings. The lowest BCUT2D eigenvalue weighted by atomic mass is 10.2. The number of halogens is 2. The summed E-state index contributed by atoms with van der Waals surface area (Å²) in [4.78, 5) is 10.2. The Labute approximate surface area is 117 Å². The largest absolute Gasteiger partial charge is 0.381 e. The van der Waals surface area contributed by atoms with E-state index in [1.807, 2.05) is 0 Å². The van der Waals surface area contributed by atoms with Crippen LogP contribution in [-0.4, -0.2) is 4.92 Å². The third-order valence-electron chi connectivity index (χ3n) is 2.55. The normalized spacial score (nSPS) is 10.2. The average molecular weight is 325 g/mol. The third kappa shape index (κ3) is 3.51. The van der Waals surface area contributed by atoms with E-state index in [2.05, 4.69) is 21.2 Å². The molecule has 0 atom stereocenters. The molecule has 0 amide bonds. The molecule has 0 heterocycles. The molecule has 0 saturated heterocycles. The fourth-order valence-electron chi connectivity index (χ4n) is 1.61. The monoisotopic (exact) mass is 324 g/mol. The van der Waals surface area contributed by atoms with Crippen LogP contribution >= 0.6 is 15.9 Å². The highest BCUT2D eigenvalue weighted by molar-refractivity contribution is 9.10. The Kier molecular flexibility index (Phi) is 4.11. The Morgan fingerprint density at radius 2 is 2.05 bits per heavy atom. The first-order valence-electron chi connectivity index (χ1n) is 5.48. The number of nitro benzene ring substituents is 1. The van der Waals surface area contributed by atoms with Crippen molar-refractivity contribution in [1.29, 1.82) is 0 Å². The van der Waals surface area contributed by atoms with Crippen LogP contribution in [0.1, 0.15) is 5.56 Å². The summed E-state index contributed by atoms with van der Waals surface area (Å²) in [7, 11) is 0. The zero-order chi connectivity index (χ0) is 13.8. The number of non-ortho nitro benzene ring substituents is 1. The summed E-state index contributed by atoms with van der Waals surface area (Å²) in [6, 6.07) is 10.6. The van der Waals surface area contributed by atoms with Gasteiger partial charge in [-0.2, -0.15) is 0 Å². The van der Waals surface area contributed by atoms with E-state index in [-0.39, 0.29) is 11.5 Å². The van der Waals surface area contributed by atoms with E-state index in [1.54, 1.807) is 18.2 Å². The highest BCUT2D eigenvalue weighted by atomic mass is 79.9. The maximum atomic E-state index is 13.1. The van der Waals surface area contributed by atoms with Crippen molar-refractivity contribution in [2.24, 2.45) is 0 Å². The molecule has 0 aliphatic carbocycles. The molecule has 6 heteroatoms. The molecule has 0 aliphatic heterocycles. The molecule has 0 aromatic heterocycles. The third-order valence-corrected chi connectivity index (χ3v) is 3.32. The van der Waals surface area contributed by atoms with E-state index >= 15 is 0 Å². The van der Waals surface area contributed by atoms with E-state index in [0.29, 0.717) is 12.2 Å². The smallest absolute Gasteiger partial charge is 0.271 e. The minimum Gasteiger partial charge on any atom is -0.381 e. The van der Waals surface area contributed by atoms with Crippen LogP contribution in [0.25, 0.3) is 0 Å². The molecule has 1 N–H and O–H groups in total. The maximum absolute atomic E-state index is 13.1. The summed E-state index contributed by atoms with van der Waals surface area (Å²) in [6.45, 7) is 0.375. The van der Waals surface area contributed by atoms with E-state index in [9.17, 15) is 14.5 Å². The lowest BCUT2D eigenvalue weighted by Crippen LogP contribution is -2.01. The molecule has 0 bridgehead atoms. The summed E-state index contributed by atoms with van der Waals surface area (Å²) in [5.74, 6) is -0.320. The zero-order valence-electron chi connectivity index (χ0n) is 9.77. The lowest BCUT2D eigenvalue weighted by Gasteiger charge is -2.08. The molecular weight excluding hydrogens is 315 g/mol. The van der Waals surface area contributed by atoms with Crippen LogP contribution in [0, 0.1) is 15.9 Å². The molecule has 2 aromatic carbocycles. The van der Waals surface area contributed by atoms with Gasteiger partial charge in [-0.05, 0) is 29.8 Å². The minimum absolute atomic E-state index is 0.0170. The summed E-state index contributed by atoms with van der Waals surface area (Å²) in [5.41, 5.74) is 1.38. The molecule has 0 unspecified atom stereocenters. The number of benzene rings is 2. The first-order chi connectivity index (χ1) is 9.06. The van der Waals surface area contributed by atoms with Gasteiger partial charge < -0.3 is 5.32 Å². The van der Waals surface area contributed by atoms with Crippen molar-refractivity contribution in [3.05, 3.63) is 68.4 Å². The second kappa shape index (κ2) is 5.79. The molecule has 19 heavy (non-hydrogen) atoms. The van der Waals surface area contributed by atoms with E-state index in [4.69, 9.17) is 0 Å². The Hall–Kier alpha value is -1.95. The van der Waals surface area contributed by atoms with Gasteiger partial charge in [0.25, 0.3) is 5.69 Å². The molecule has 2 aromatic rings. The zero-order valence-corrected chi connectivity index (χ0v) is 11.4. The van der Waals surface area contributed by atoms with Crippen LogP contribution < -0.4 is 5.32 Å². The van der Waals surface area contributed by atoms with Gasteiger partial charge in [0.05, 0.1) is 4.92 Å². The van der Waals surface area contributed by atoms with Crippen LogP contribution in [0.5, 0.6) is 0 Å². The van der Waals surface area contributed by atoms with E-state index in [0.717, 1.165) is 10.0 Å². The molecule has 2 rings (SSSR count). The molecular formula is C13H10BrFN2O2. The summed E-state index contributed by atoms with van der Waals surface area (Å²) in [6.07, 6.45) is 0. The van der Waals surface area contributed by atoms with Crippen LogP contribution in [0.4, 0.5) is 15.8 Å². The van der Waals surface area contributed by atoms with Gasteiger partial charge in [-0.1, -0.05) is 22.0 Å². The maximum Gasteiger partial charge on any atom is 0.271 e. The van der Waals surface area contributed by atoms with Crippen LogP contribution in [0.2, 0.25) is 0 Å². The summed E-state index contributed by atoms with van der Waals surface area (Å²) < 4.78 is 13.9. The average Bonchev–Trinajstić information content (AvgIpc) is 2.40. The Morgan fingerprint density at radius 1 is 1.26 bits per heavy atom. The van der Waals surface area contributed by atoms with E-state index in [1.165, 1.54) is 24.3 Å². The standard InChI is InChI=1S/C13H10BrFN2O2/c14-13-5-4-10(15)6-9(13)8-16-11-2-1-3-12(7-11)17(18)19/h1-7,16H,8H2. The number of nitro groups is 1. The van der Waals surface area contributed by atoms with Gasteiger partial charge in [0.1, 0.15) is 5.82 Å². The Morgan fingerprint density at radius 3 is 2.79 bits per heavy atom. The number of hydrogen-bond acceptors (Lipinski definition) is 3. The van der Waals surface area contributed by atoms with Crippen LogP contribution in [-0.2, 0) is 6.54 Å². The first kappa shape index (κ1) is 13.5. The van der Waals surface area contributed by atoms with Gasteiger partial charge in [-0.25, -0.2) is 4.39 Å². The van der Waals surface area contributed by atoms with Crippen molar-refractivity contribution in [2.45, 2.75) is 6.54 Å². The number of rotatable bonds is 4. The number of nitrogens with one attached hydrogen (secondary N) is 1. The quantitative estimate of drug-likeness (QED) is 0.680. The molecule has 0 saturated carbocycles. The van der Waals surface area contributed by atoms with Crippen molar-refractivity contribution in [2.75, 3.05) is 5.32 Å². The molecule has 0 radical (unpaired) electrons. The number of nitrogens with zero attached hydrogens (tertiary/aromatic N) is 1. The predicted octanol–water partition coefficient (Wildman–Crippen LogP) is 4.11. The van der Waals surface area contributed by atoms with Crippen molar-refractivity contribution >= 4 is 27.3 Å². The van der Waals surface area contributed by atoms with Gasteiger partial charge in [0, 0.05) is 28.8 Å². The molecule has 98 valence electrons. The number of hydrogen-bond donors (Lipinski definition) is 1. The predicted molar refractivity (Wildman–Crippen MR) is 74.5 cm³/mol. The lowest BCUT2D eigenvalue weighted by molar-refractivity contribution is -0.384. The summed E-state index contributed by atoms with van der Waals surface area (Å²) in [5, 5.41) is 13.7. The molecule has 0 fully saturated rings. The molecule has 0 spiro atoms. The van der Waals surface area contributed by atoms with Crippen LogP contribution in [0.15, 0.2) is 46.9 Å². The van der Waals surface area contributed by atoms with E-state index < -0.39 is 4.92 Å². The molecule has 4 nitrogen and oxygen atoms in total. The van der Waals surface area contributed by atoms with Crippen molar-refractivity contribution in [3.63, 3.8) is 0 Å².